The maximum atomic E-state index is 11.6. The molecule has 0 aromatic carbocycles. The first-order valence-electron chi connectivity index (χ1n) is 5.27. The topological polar surface area (TPSA) is 26.3 Å². The molecule has 0 aliphatic rings. The van der Waals surface area contributed by atoms with Crippen molar-refractivity contribution in [2.75, 3.05) is 0 Å². The van der Waals surface area contributed by atoms with E-state index < -0.39 is 13.7 Å². The van der Waals surface area contributed by atoms with Crippen LogP contribution in [-0.2, 0) is 9.53 Å². The van der Waals surface area contributed by atoms with E-state index >= 15 is 0 Å². The first-order chi connectivity index (χ1) is 6.51. The lowest BCUT2D eigenvalue weighted by Gasteiger charge is -2.20. The van der Waals surface area contributed by atoms with Crippen molar-refractivity contribution in [2.45, 2.75) is 52.9 Å². The van der Waals surface area contributed by atoms with Gasteiger partial charge >= 0.3 is 5.97 Å². The molecule has 1 unspecified atom stereocenters. The fourth-order valence-corrected chi connectivity index (χ4v) is 1.42. The van der Waals surface area contributed by atoms with Crippen LogP contribution in [0.2, 0.25) is 19.6 Å². The summed E-state index contributed by atoms with van der Waals surface area (Å²) in [6, 6.07) is 0. The second kappa shape index (κ2) is 4.85. The molecule has 0 aromatic rings. The van der Waals surface area contributed by atoms with Crippen molar-refractivity contribution < 1.29 is 9.53 Å². The first-order valence-corrected chi connectivity index (χ1v) is 8.77. The molecule has 86 valence electrons. The summed E-state index contributed by atoms with van der Waals surface area (Å²) in [5.74, 6) is 2.43. The van der Waals surface area contributed by atoms with Gasteiger partial charge < -0.3 is 4.74 Å². The molecule has 0 bridgehead atoms. The lowest BCUT2D eigenvalue weighted by atomic mass is 10.1. The van der Waals surface area contributed by atoms with Crippen molar-refractivity contribution in [1.29, 1.82) is 0 Å². The third kappa shape index (κ3) is 8.26. The van der Waals surface area contributed by atoms with Gasteiger partial charge in [-0.1, -0.05) is 25.6 Å². The minimum atomic E-state index is -1.39. The summed E-state index contributed by atoms with van der Waals surface area (Å²) in [5.41, 5.74) is 2.75. The van der Waals surface area contributed by atoms with Crippen molar-refractivity contribution in [1.82, 2.24) is 0 Å². The standard InChI is InChI=1S/C12H22O2Si/c1-10(8-9-15(5,6)7)11(13)14-12(2,3)4/h10H,1-7H3. The third-order valence-electron chi connectivity index (χ3n) is 1.42. The highest BCUT2D eigenvalue weighted by Gasteiger charge is 2.20. The zero-order chi connectivity index (χ0) is 12.3. The van der Waals surface area contributed by atoms with Crippen LogP contribution in [0.4, 0.5) is 0 Å². The maximum absolute atomic E-state index is 11.6. The van der Waals surface area contributed by atoms with E-state index in [4.69, 9.17) is 4.74 Å². The average molecular weight is 226 g/mol. The van der Waals surface area contributed by atoms with E-state index in [9.17, 15) is 4.79 Å². The number of hydrogen-bond donors (Lipinski definition) is 0. The summed E-state index contributed by atoms with van der Waals surface area (Å²) in [6.07, 6.45) is 0. The predicted molar refractivity (Wildman–Crippen MR) is 66.1 cm³/mol. The summed E-state index contributed by atoms with van der Waals surface area (Å²) in [4.78, 5) is 11.6. The zero-order valence-electron chi connectivity index (χ0n) is 10.9. The van der Waals surface area contributed by atoms with Gasteiger partial charge in [0.15, 0.2) is 0 Å². The largest absolute Gasteiger partial charge is 0.459 e. The van der Waals surface area contributed by atoms with Gasteiger partial charge in [-0.15, -0.1) is 5.54 Å². The first kappa shape index (κ1) is 14.2. The van der Waals surface area contributed by atoms with Crippen LogP contribution in [0, 0.1) is 17.4 Å². The van der Waals surface area contributed by atoms with E-state index in [-0.39, 0.29) is 11.9 Å². The van der Waals surface area contributed by atoms with Gasteiger partial charge in [0.05, 0.1) is 0 Å². The van der Waals surface area contributed by atoms with Crippen LogP contribution in [0.1, 0.15) is 27.7 Å². The molecule has 0 heterocycles. The number of esters is 1. The Kier molecular flexibility index (Phi) is 4.60. The molecule has 0 aromatic heterocycles. The van der Waals surface area contributed by atoms with E-state index in [0.29, 0.717) is 0 Å². The number of ether oxygens (including phenoxy) is 1. The summed E-state index contributed by atoms with van der Waals surface area (Å²) < 4.78 is 5.24. The number of rotatable bonds is 1. The van der Waals surface area contributed by atoms with Crippen LogP contribution in [0.15, 0.2) is 0 Å². The zero-order valence-corrected chi connectivity index (χ0v) is 11.9. The third-order valence-corrected chi connectivity index (χ3v) is 2.32. The van der Waals surface area contributed by atoms with Crippen LogP contribution in [0.5, 0.6) is 0 Å². The Hall–Kier alpha value is -0.753. The fraction of sp³-hybridized carbons (Fsp3) is 0.750. The average Bonchev–Trinajstić information content (AvgIpc) is 1.95. The van der Waals surface area contributed by atoms with Crippen molar-refractivity contribution >= 4 is 14.0 Å². The molecule has 15 heavy (non-hydrogen) atoms. The Morgan fingerprint density at radius 2 is 1.73 bits per heavy atom. The van der Waals surface area contributed by atoms with E-state index in [1.165, 1.54) is 0 Å². The van der Waals surface area contributed by atoms with Gasteiger partial charge in [-0.05, 0) is 27.7 Å². The van der Waals surface area contributed by atoms with Gasteiger partial charge in [-0.2, -0.15) is 0 Å². The molecule has 0 aliphatic heterocycles. The van der Waals surface area contributed by atoms with Crippen LogP contribution in [0.3, 0.4) is 0 Å². The molecule has 1 atom stereocenters. The Bertz CT molecular complexity index is 283. The van der Waals surface area contributed by atoms with E-state index in [1.807, 2.05) is 20.8 Å². The monoisotopic (exact) mass is 226 g/mol. The molecule has 0 radical (unpaired) electrons. The number of carbonyl (C=O) groups is 1. The van der Waals surface area contributed by atoms with Crippen molar-refractivity contribution in [2.24, 2.45) is 5.92 Å². The highest BCUT2D eigenvalue weighted by molar-refractivity contribution is 6.83. The smallest absolute Gasteiger partial charge is 0.321 e. The maximum Gasteiger partial charge on any atom is 0.321 e. The molecule has 0 amide bonds. The Morgan fingerprint density at radius 1 is 1.27 bits per heavy atom. The van der Waals surface area contributed by atoms with Crippen molar-refractivity contribution in [3.05, 3.63) is 0 Å². The lowest BCUT2D eigenvalue weighted by Crippen LogP contribution is -2.27. The van der Waals surface area contributed by atoms with Gasteiger partial charge in [0, 0.05) is 0 Å². The summed E-state index contributed by atoms with van der Waals surface area (Å²) >= 11 is 0. The molecule has 0 saturated heterocycles. The minimum Gasteiger partial charge on any atom is -0.459 e. The molecule has 0 saturated carbocycles. The molecule has 3 heteroatoms. The fourth-order valence-electron chi connectivity index (χ4n) is 0.774. The molecule has 0 spiro atoms. The highest BCUT2D eigenvalue weighted by atomic mass is 28.3. The molecule has 0 N–H and O–H groups in total. The van der Waals surface area contributed by atoms with Crippen LogP contribution in [-0.4, -0.2) is 19.6 Å². The van der Waals surface area contributed by atoms with Gasteiger partial charge in [-0.3, -0.25) is 4.79 Å². The van der Waals surface area contributed by atoms with E-state index in [1.54, 1.807) is 6.92 Å². The number of carbonyl (C=O) groups excluding carboxylic acids is 1. The number of hydrogen-bond acceptors (Lipinski definition) is 2. The van der Waals surface area contributed by atoms with Crippen LogP contribution >= 0.6 is 0 Å². The van der Waals surface area contributed by atoms with Crippen molar-refractivity contribution in [3.63, 3.8) is 0 Å². The predicted octanol–water partition coefficient (Wildman–Crippen LogP) is 2.85. The Morgan fingerprint density at radius 3 is 2.07 bits per heavy atom. The molecule has 0 aliphatic carbocycles. The van der Waals surface area contributed by atoms with Gasteiger partial charge in [0.1, 0.15) is 19.6 Å². The van der Waals surface area contributed by atoms with Crippen LogP contribution in [0.25, 0.3) is 0 Å². The van der Waals surface area contributed by atoms with Gasteiger partial charge in [-0.25, -0.2) is 0 Å². The molecule has 2 nitrogen and oxygen atoms in total. The SMILES string of the molecule is CC(C#C[Si](C)(C)C)C(=O)OC(C)(C)C. The molecule has 0 fully saturated rings. The quantitative estimate of drug-likeness (QED) is 0.390. The van der Waals surface area contributed by atoms with Gasteiger partial charge in [0.2, 0.25) is 0 Å². The van der Waals surface area contributed by atoms with Crippen LogP contribution < -0.4 is 0 Å². The second-order valence-corrected chi connectivity index (χ2v) is 10.5. The highest BCUT2D eigenvalue weighted by Crippen LogP contribution is 2.10. The Labute approximate surface area is 94.4 Å². The van der Waals surface area contributed by atoms with Gasteiger partial charge in [0.25, 0.3) is 0 Å². The normalized spacial score (nSPS) is 13.8. The molecular weight excluding hydrogens is 204 g/mol. The summed E-state index contributed by atoms with van der Waals surface area (Å²) in [7, 11) is -1.39. The molecular formula is C12H22O2Si. The minimum absolute atomic E-state index is 0.228. The van der Waals surface area contributed by atoms with E-state index in [0.717, 1.165) is 0 Å². The molecule has 0 rings (SSSR count). The Balaban J connectivity index is 4.40. The lowest BCUT2D eigenvalue weighted by molar-refractivity contribution is -0.157. The van der Waals surface area contributed by atoms with E-state index in [2.05, 4.69) is 31.1 Å². The summed E-state index contributed by atoms with van der Waals surface area (Å²) in [5, 5.41) is 0. The second-order valence-electron chi connectivity index (χ2n) is 5.77. The summed E-state index contributed by atoms with van der Waals surface area (Å²) in [6.45, 7) is 13.9. The van der Waals surface area contributed by atoms with Crippen molar-refractivity contribution in [3.8, 4) is 11.5 Å².